The fourth-order valence-electron chi connectivity index (χ4n) is 11.0. The number of aromatic nitrogens is 8. The molecule has 4 aromatic heterocycles. The van der Waals surface area contributed by atoms with E-state index in [0.29, 0.717) is 12.8 Å². The molecule has 0 bridgehead atoms. The van der Waals surface area contributed by atoms with E-state index in [1.54, 1.807) is 6.92 Å². The molecule has 2 fully saturated rings. The summed E-state index contributed by atoms with van der Waals surface area (Å²) in [6, 6.07) is 0. The lowest BCUT2D eigenvalue weighted by Crippen LogP contribution is -2.46. The lowest BCUT2D eigenvalue weighted by atomic mass is 9.87. The number of unbranched alkanes of at least 4 members (excludes halogenated alkanes) is 12. The number of carboxylic acid groups (broad SMARTS) is 1. The van der Waals surface area contributed by atoms with Gasteiger partial charge >= 0.3 is 7.40 Å². The number of hydrogen-bond donors (Lipinski definition) is 11. The summed E-state index contributed by atoms with van der Waals surface area (Å²) >= 11 is 0. The highest BCUT2D eigenvalue weighted by Gasteiger charge is 2.49. The van der Waals surface area contributed by atoms with Crippen molar-refractivity contribution >= 4 is 122 Å². The Morgan fingerprint density at radius 1 is 0.500 bits per heavy atom. The minimum absolute atomic E-state index is 0. The van der Waals surface area contributed by atoms with Crippen LogP contribution >= 0.6 is 46.9 Å². The fraction of sp³-hybridized carbons (Fsp3) is 0.750. The molecular formula is C68H123N14O36P6-7. The topological polar surface area (TPSA) is 787 Å². The highest BCUT2D eigenvalue weighted by molar-refractivity contribution is 7.60. The van der Waals surface area contributed by atoms with Crippen LogP contribution in [0.1, 0.15) is 221 Å². The number of aliphatic hydroxyl groups excluding tert-OH is 4. The number of carbonyl (C=O) groups is 7. The van der Waals surface area contributed by atoms with Gasteiger partial charge in [0.15, 0.2) is 35.4 Å². The summed E-state index contributed by atoms with van der Waals surface area (Å²) in [4.78, 5) is 199. The second-order valence-electron chi connectivity index (χ2n) is 28.4. The number of aliphatic hydroxyl groups is 4. The van der Waals surface area contributed by atoms with Crippen molar-refractivity contribution in [3.05, 3.63) is 25.3 Å². The first kappa shape index (κ1) is 120. The standard InChI is InChI=1S/C24H40N7O17P3.C23H38N7O17P3.C16H32O2.5CH4/c1-4-13(32)5-7-26-15(33)6-8-27-22(36)19(35)24(2,3)10-45-51(42,43)48-50(40,41)44-9-14-18(47-49(37,38)39)17(34)23(46-14)31-12-30-16-20(25)28-11-29-21(16)31;1-12(31)4-6-25-14(32)5-7-26-21(35)18(34)23(2,3)9-44-50(41,42)47-49(39,40)43-8-13-17(46-48(36,37)38)16(33)22(45-13)30-11-29-15-19(24)27-10-28-20(15)30;1-2-3-4-5-6-7-8-9-10-11-12-13-14-15-16(17)18;;;;;/h11-12,14,17-19,23,34-35H,4-10H2,1-3H3,(H,26,33)(H,27,36)(H,40,41)(H,42,43)(H2,25,28,29)(H2,37,38,39);10-11,13,16-18,22,33-34H,4-9H2,1-3H3,(H,25,32)(H,26,35)(H,39,40)(H,41,42)(H2,24,27,28)(H2,36,37,38);2-15H2,1H3,(H,17,18);5*1H4/p-7. The molecule has 0 saturated carbocycles. The zero-order chi connectivity index (χ0) is 89.5. The SMILES string of the molecule is C.C.C.C.C.CC(=O)CCNC(=O)CCNC(=O)C(O)C(C)(C)COP(=O)([O-])OP(=O)([O-])OCC1OC(n2cnc3c(N)ncnc32)C(O)C1OP(=O)([O-])[O-].CCC(=O)CCNC(=O)CCNC(=O)C(O)C(C)(C)COP(=O)([O-])OP(=O)([O-])OCC1OC(n2cnc3c(N)ncnc32)C(O)C1OP(=O)([O-])[O-].CCCCCCCCCCCCCCCC(=O)O.[H+]. The predicted molar refractivity (Wildman–Crippen MR) is 429 cm³/mol. The van der Waals surface area contributed by atoms with E-state index in [1.165, 1.54) is 105 Å². The maximum Gasteiger partial charge on any atom is 1.00 e. The summed E-state index contributed by atoms with van der Waals surface area (Å²) in [5.74, 6) is -4.01. The number of imidazole rings is 2. The number of nitrogens with zero attached hydrogens (tertiary/aromatic N) is 8. The number of phosphoric acid groups is 6. The van der Waals surface area contributed by atoms with Crippen molar-refractivity contribution in [3.63, 3.8) is 0 Å². The highest BCUT2D eigenvalue weighted by Crippen LogP contribution is 2.58. The summed E-state index contributed by atoms with van der Waals surface area (Å²) < 4.78 is 120. The van der Waals surface area contributed by atoms with E-state index in [4.69, 9.17) is 26.0 Å². The number of ketones is 2. The minimum Gasteiger partial charge on any atom is -0.790 e. The smallest absolute Gasteiger partial charge is 0.790 e. The molecule has 0 aliphatic carbocycles. The molecule has 50 nitrogen and oxygen atoms in total. The van der Waals surface area contributed by atoms with Crippen LogP contribution in [-0.2, 0) is 106 Å². The van der Waals surface area contributed by atoms with Crippen LogP contribution in [0.15, 0.2) is 25.3 Å². The van der Waals surface area contributed by atoms with Crippen LogP contribution < -0.4 is 71.9 Å². The minimum atomic E-state index is -5.90. The number of anilines is 2. The molecule has 718 valence electrons. The third kappa shape index (κ3) is 42.9. The van der Waals surface area contributed by atoms with Crippen molar-refractivity contribution in [2.24, 2.45) is 10.8 Å². The maximum atomic E-state index is 12.4. The second-order valence-corrected chi connectivity index (χ2v) is 36.6. The third-order valence-corrected chi connectivity index (χ3v) is 23.5. The van der Waals surface area contributed by atoms with Gasteiger partial charge in [-0.25, -0.2) is 38.5 Å². The quantitative estimate of drug-likeness (QED) is 0.0216. The average Bonchev–Trinajstić information content (AvgIpc) is 1.62. The zero-order valence-corrected chi connectivity index (χ0v) is 71.3. The van der Waals surface area contributed by atoms with E-state index in [-0.39, 0.29) is 136 Å². The molecule has 0 aromatic carbocycles. The van der Waals surface area contributed by atoms with Crippen LogP contribution in [0.25, 0.3) is 22.3 Å². The second kappa shape index (κ2) is 55.7. The lowest BCUT2D eigenvalue weighted by Gasteiger charge is -2.36. The van der Waals surface area contributed by atoms with Crippen molar-refractivity contribution in [1.29, 1.82) is 0 Å². The molecule has 2 aliphatic heterocycles. The molecule has 0 radical (unpaired) electrons. The van der Waals surface area contributed by atoms with Gasteiger partial charge in [0.1, 0.15) is 84.1 Å². The predicted octanol–water partition coefficient (Wildman–Crippen LogP) is 0.947. The number of nitrogen functional groups attached to an aromatic ring is 2. The number of carboxylic acids is 1. The number of hydrogen-bond acceptors (Lipinski definition) is 43. The summed E-state index contributed by atoms with van der Waals surface area (Å²) in [5, 5.41) is 60.3. The van der Waals surface area contributed by atoms with Gasteiger partial charge in [-0.05, 0) is 13.3 Å². The molecule has 14 atom stereocenters. The van der Waals surface area contributed by atoms with Crippen molar-refractivity contribution in [2.75, 3.05) is 64.1 Å². The zero-order valence-electron chi connectivity index (χ0n) is 67.0. The van der Waals surface area contributed by atoms with Crippen LogP contribution in [0.2, 0.25) is 0 Å². The van der Waals surface area contributed by atoms with E-state index in [2.05, 4.69) is 93.9 Å². The Labute approximate surface area is 720 Å². The van der Waals surface area contributed by atoms with E-state index >= 15 is 0 Å². The Morgan fingerprint density at radius 3 is 1.16 bits per heavy atom. The van der Waals surface area contributed by atoms with Gasteiger partial charge in [0.25, 0.3) is 31.3 Å². The van der Waals surface area contributed by atoms with Crippen LogP contribution in [0.3, 0.4) is 0 Å². The number of aliphatic carboxylic acids is 1. The molecule has 2 aliphatic rings. The maximum absolute atomic E-state index is 12.4. The number of amides is 4. The van der Waals surface area contributed by atoms with E-state index < -0.39 is 175 Å². The molecule has 6 rings (SSSR count). The molecule has 2 saturated heterocycles. The summed E-state index contributed by atoms with van der Waals surface area (Å²) in [6.45, 7) is 5.27. The van der Waals surface area contributed by atoms with Crippen LogP contribution in [0.5, 0.6) is 0 Å². The van der Waals surface area contributed by atoms with Crippen LogP contribution in [0, 0.1) is 10.8 Å². The first-order valence-electron chi connectivity index (χ1n) is 37.2. The number of nitrogens with one attached hydrogen (secondary N) is 4. The molecular weight excluding hydrogens is 1770 g/mol. The van der Waals surface area contributed by atoms with Crippen molar-refractivity contribution < 1.29 is 172 Å². The van der Waals surface area contributed by atoms with Gasteiger partial charge in [0.2, 0.25) is 23.6 Å². The van der Waals surface area contributed by atoms with Gasteiger partial charge in [0.05, 0.1) is 54.7 Å². The normalized spacial score (nSPS) is 20.1. The number of nitrogens with two attached hydrogens (primary N) is 2. The van der Waals surface area contributed by atoms with Crippen molar-refractivity contribution in [1.82, 2.24) is 60.3 Å². The molecule has 4 amide bonds. The van der Waals surface area contributed by atoms with Gasteiger partial charge in [-0.3, -0.25) is 61.0 Å². The number of phosphoric ester groups is 6. The number of Topliss-reactive ketones (excluding diaryl/α,β-unsaturated/α-hetero) is 2. The number of ether oxygens (including phenoxy) is 2. The van der Waals surface area contributed by atoms with E-state index in [1.807, 2.05) is 0 Å². The highest BCUT2D eigenvalue weighted by atomic mass is 31.3. The summed E-state index contributed by atoms with van der Waals surface area (Å²) in [6.07, 6.45) is 2.69. The van der Waals surface area contributed by atoms with Gasteiger partial charge in [-0.1, -0.05) is 156 Å². The molecule has 14 unspecified atom stereocenters. The Bertz CT molecular complexity index is 4280. The Hall–Kier alpha value is -6.11. The largest absolute Gasteiger partial charge is 1.00 e. The fourth-order valence-corrected chi connectivity index (χ4v) is 16.5. The van der Waals surface area contributed by atoms with Gasteiger partial charge in [0, 0.05) is 75.5 Å². The Morgan fingerprint density at radius 2 is 0.831 bits per heavy atom. The first-order valence-corrected chi connectivity index (χ1v) is 46.0. The average molecular weight is 1900 g/mol. The third-order valence-electron chi connectivity index (χ3n) is 17.5. The molecule has 4 aromatic rings. The Balaban J connectivity index is -0.00000191. The Kier molecular flexibility index (Phi) is 53.9. The van der Waals surface area contributed by atoms with Gasteiger partial charge in [-0.15, -0.1) is 0 Å². The van der Waals surface area contributed by atoms with Crippen LogP contribution in [0.4, 0.5) is 11.6 Å². The molecule has 56 heteroatoms. The molecule has 6 heterocycles. The lowest BCUT2D eigenvalue weighted by molar-refractivity contribution is -0.348. The van der Waals surface area contributed by atoms with Crippen molar-refractivity contribution in [2.45, 2.75) is 269 Å². The van der Waals surface area contributed by atoms with Gasteiger partial charge in [-0.2, -0.15) is 0 Å². The number of fused-ring (bicyclic) bond motifs is 2. The van der Waals surface area contributed by atoms with Crippen LogP contribution in [-0.4, -0.2) is 207 Å². The van der Waals surface area contributed by atoms with Crippen molar-refractivity contribution in [3.8, 4) is 0 Å². The number of rotatable bonds is 53. The van der Waals surface area contributed by atoms with Gasteiger partial charge < -0.3 is 143 Å². The van der Waals surface area contributed by atoms with E-state index in [9.17, 15) is 121 Å². The molecule has 124 heavy (non-hydrogen) atoms. The summed E-state index contributed by atoms with van der Waals surface area (Å²) in [7, 11) is -35.1. The van der Waals surface area contributed by atoms with E-state index in [0.717, 1.165) is 47.3 Å². The summed E-state index contributed by atoms with van der Waals surface area (Å²) in [5.41, 5.74) is 8.12. The monoisotopic (exact) mass is 1900 g/mol. The molecule has 13 N–H and O–H groups in total. The molecule has 0 spiro atoms. The first-order chi connectivity index (χ1) is 55.3. The number of carbonyl (C=O) groups excluding carboxylic acids is 6.